The maximum Gasteiger partial charge on any atom is 0.251 e. The first kappa shape index (κ1) is 25.9. The van der Waals surface area contributed by atoms with Crippen LogP contribution in [-0.2, 0) is 31.9 Å². The maximum atomic E-state index is 13.0. The SMILES string of the molecule is Cc1cccc(C(=O)NC(C(=O)NCc2ccccc2CS(=O)(=O)N2CCOCC2)C(C)C)c1. The number of ether oxygens (including phenoxy) is 1. The van der Waals surface area contributed by atoms with Gasteiger partial charge in [0.1, 0.15) is 6.04 Å². The summed E-state index contributed by atoms with van der Waals surface area (Å²) in [5.74, 6) is -0.904. The van der Waals surface area contributed by atoms with Gasteiger partial charge in [0.15, 0.2) is 0 Å². The van der Waals surface area contributed by atoms with E-state index in [0.717, 1.165) is 11.1 Å². The number of nitrogens with zero attached hydrogens (tertiary/aromatic N) is 1. The van der Waals surface area contributed by atoms with Crippen molar-refractivity contribution < 1.29 is 22.7 Å². The average molecular weight is 488 g/mol. The first-order chi connectivity index (χ1) is 16.2. The number of benzene rings is 2. The Kier molecular flexibility index (Phi) is 8.82. The molecule has 0 saturated carbocycles. The molecule has 0 aliphatic carbocycles. The van der Waals surface area contributed by atoms with Gasteiger partial charge in [0.25, 0.3) is 5.91 Å². The van der Waals surface area contributed by atoms with Crippen LogP contribution in [0.4, 0.5) is 0 Å². The fourth-order valence-corrected chi connectivity index (χ4v) is 5.38. The second-order valence-corrected chi connectivity index (χ2v) is 10.8. The lowest BCUT2D eigenvalue weighted by molar-refractivity contribution is -0.124. The Morgan fingerprint density at radius 3 is 2.35 bits per heavy atom. The Balaban J connectivity index is 1.66. The van der Waals surface area contributed by atoms with Crippen LogP contribution in [0.5, 0.6) is 0 Å². The van der Waals surface area contributed by atoms with Crippen LogP contribution in [0.3, 0.4) is 0 Å². The van der Waals surface area contributed by atoms with E-state index >= 15 is 0 Å². The summed E-state index contributed by atoms with van der Waals surface area (Å²) < 4.78 is 32.4. The van der Waals surface area contributed by atoms with Crippen LogP contribution in [-0.4, -0.2) is 56.9 Å². The number of sulfonamides is 1. The van der Waals surface area contributed by atoms with Gasteiger partial charge in [-0.2, -0.15) is 4.31 Å². The van der Waals surface area contributed by atoms with Crippen molar-refractivity contribution >= 4 is 21.8 Å². The molecule has 9 heteroatoms. The molecule has 0 radical (unpaired) electrons. The highest BCUT2D eigenvalue weighted by Crippen LogP contribution is 2.17. The third-order valence-corrected chi connectivity index (χ3v) is 7.62. The van der Waals surface area contributed by atoms with E-state index in [2.05, 4.69) is 10.6 Å². The van der Waals surface area contributed by atoms with Crippen molar-refractivity contribution in [2.75, 3.05) is 26.3 Å². The highest BCUT2D eigenvalue weighted by atomic mass is 32.2. The largest absolute Gasteiger partial charge is 0.379 e. The number of nitrogens with one attached hydrogen (secondary N) is 2. The van der Waals surface area contributed by atoms with Gasteiger partial charge in [0.2, 0.25) is 15.9 Å². The van der Waals surface area contributed by atoms with Crippen molar-refractivity contribution in [3.05, 3.63) is 70.8 Å². The van der Waals surface area contributed by atoms with E-state index in [1.165, 1.54) is 4.31 Å². The number of morpholine rings is 1. The van der Waals surface area contributed by atoms with E-state index in [1.54, 1.807) is 36.4 Å². The average Bonchev–Trinajstić information content (AvgIpc) is 2.81. The van der Waals surface area contributed by atoms with Gasteiger partial charge in [-0.3, -0.25) is 9.59 Å². The Labute approximate surface area is 201 Å². The molecule has 1 unspecified atom stereocenters. The van der Waals surface area contributed by atoms with E-state index < -0.39 is 16.1 Å². The van der Waals surface area contributed by atoms with Crippen molar-refractivity contribution in [3.63, 3.8) is 0 Å². The Hall–Kier alpha value is -2.75. The fraction of sp³-hybridized carbons (Fsp3) is 0.440. The normalized spacial score (nSPS) is 15.6. The van der Waals surface area contributed by atoms with Gasteiger partial charge in [0, 0.05) is 25.2 Å². The van der Waals surface area contributed by atoms with Crippen molar-refractivity contribution in [1.82, 2.24) is 14.9 Å². The molecule has 0 bridgehead atoms. The van der Waals surface area contributed by atoms with Gasteiger partial charge in [-0.15, -0.1) is 0 Å². The molecule has 2 N–H and O–H groups in total. The summed E-state index contributed by atoms with van der Waals surface area (Å²) in [5.41, 5.74) is 2.82. The van der Waals surface area contributed by atoms with E-state index in [0.29, 0.717) is 37.4 Å². The molecule has 8 nitrogen and oxygen atoms in total. The van der Waals surface area contributed by atoms with Gasteiger partial charge in [0.05, 0.1) is 19.0 Å². The standard InChI is InChI=1S/C25H33N3O5S/c1-18(2)23(27-24(29)20-10-6-7-19(3)15-20)25(30)26-16-21-8-4-5-9-22(21)17-34(31,32)28-11-13-33-14-12-28/h4-10,15,18,23H,11-14,16-17H2,1-3H3,(H,26,30)(H,27,29). The molecule has 1 aliphatic rings. The molecule has 184 valence electrons. The van der Waals surface area contributed by atoms with Crippen LogP contribution in [0.1, 0.15) is 40.9 Å². The maximum absolute atomic E-state index is 13.0. The predicted octanol–water partition coefficient (Wildman–Crippen LogP) is 2.23. The highest BCUT2D eigenvalue weighted by Gasteiger charge is 2.27. The molecule has 2 aromatic rings. The quantitative estimate of drug-likeness (QED) is 0.564. The zero-order valence-corrected chi connectivity index (χ0v) is 20.7. The third kappa shape index (κ3) is 6.88. The van der Waals surface area contributed by atoms with E-state index in [9.17, 15) is 18.0 Å². The number of amides is 2. The zero-order valence-electron chi connectivity index (χ0n) is 19.9. The van der Waals surface area contributed by atoms with Gasteiger partial charge >= 0.3 is 0 Å². The van der Waals surface area contributed by atoms with Crippen molar-refractivity contribution in [2.24, 2.45) is 5.92 Å². The van der Waals surface area contributed by atoms with Gasteiger partial charge < -0.3 is 15.4 Å². The fourth-order valence-electron chi connectivity index (χ4n) is 3.82. The molecule has 1 saturated heterocycles. The minimum atomic E-state index is -3.49. The second-order valence-electron chi connectivity index (χ2n) is 8.82. The molecule has 3 rings (SSSR count). The number of hydrogen-bond donors (Lipinski definition) is 2. The number of aryl methyl sites for hydroxylation is 1. The lowest BCUT2D eigenvalue weighted by atomic mass is 10.0. The topological polar surface area (TPSA) is 105 Å². The number of carbonyl (C=O) groups excluding carboxylic acids is 2. The lowest BCUT2D eigenvalue weighted by Crippen LogP contribution is -2.49. The zero-order chi connectivity index (χ0) is 24.7. The molecule has 34 heavy (non-hydrogen) atoms. The number of carbonyl (C=O) groups is 2. The number of hydrogen-bond acceptors (Lipinski definition) is 5. The van der Waals surface area contributed by atoms with Crippen LogP contribution in [0.15, 0.2) is 48.5 Å². The molecule has 2 aromatic carbocycles. The van der Waals surface area contributed by atoms with Gasteiger partial charge in [-0.1, -0.05) is 55.8 Å². The van der Waals surface area contributed by atoms with E-state index in [-0.39, 0.29) is 30.0 Å². The van der Waals surface area contributed by atoms with Gasteiger partial charge in [-0.25, -0.2) is 8.42 Å². The first-order valence-electron chi connectivity index (χ1n) is 11.4. The molecule has 0 aromatic heterocycles. The van der Waals surface area contributed by atoms with Crippen LogP contribution in [0, 0.1) is 12.8 Å². The van der Waals surface area contributed by atoms with Gasteiger partial charge in [-0.05, 0) is 36.1 Å². The highest BCUT2D eigenvalue weighted by molar-refractivity contribution is 7.88. The molecule has 1 aliphatic heterocycles. The van der Waals surface area contributed by atoms with E-state index in [1.807, 2.05) is 32.9 Å². The molecule has 2 amide bonds. The van der Waals surface area contributed by atoms with Crippen LogP contribution in [0.25, 0.3) is 0 Å². The summed E-state index contributed by atoms with van der Waals surface area (Å²) in [5, 5.41) is 5.70. The molecule has 1 fully saturated rings. The first-order valence-corrected chi connectivity index (χ1v) is 13.1. The molecular weight excluding hydrogens is 454 g/mol. The Bertz CT molecular complexity index is 1110. The summed E-state index contributed by atoms with van der Waals surface area (Å²) in [4.78, 5) is 25.6. The molecule has 0 spiro atoms. The van der Waals surface area contributed by atoms with Crippen molar-refractivity contribution in [2.45, 2.75) is 39.1 Å². The van der Waals surface area contributed by atoms with Crippen LogP contribution in [0.2, 0.25) is 0 Å². The van der Waals surface area contributed by atoms with Crippen molar-refractivity contribution in [3.8, 4) is 0 Å². The summed E-state index contributed by atoms with van der Waals surface area (Å²) in [6.07, 6.45) is 0. The Morgan fingerprint density at radius 1 is 1.03 bits per heavy atom. The summed E-state index contributed by atoms with van der Waals surface area (Å²) in [6.45, 7) is 7.27. The summed E-state index contributed by atoms with van der Waals surface area (Å²) in [6, 6.07) is 13.6. The smallest absolute Gasteiger partial charge is 0.251 e. The minimum Gasteiger partial charge on any atom is -0.379 e. The van der Waals surface area contributed by atoms with Crippen LogP contribution < -0.4 is 10.6 Å². The van der Waals surface area contributed by atoms with Crippen molar-refractivity contribution in [1.29, 1.82) is 0 Å². The van der Waals surface area contributed by atoms with E-state index in [4.69, 9.17) is 4.74 Å². The van der Waals surface area contributed by atoms with Crippen LogP contribution >= 0.6 is 0 Å². The second kappa shape index (κ2) is 11.6. The third-order valence-electron chi connectivity index (χ3n) is 5.79. The monoisotopic (exact) mass is 487 g/mol. The molecular formula is C25H33N3O5S. The summed E-state index contributed by atoms with van der Waals surface area (Å²) >= 11 is 0. The minimum absolute atomic E-state index is 0.134. The lowest BCUT2D eigenvalue weighted by Gasteiger charge is -2.26. The molecule has 1 atom stereocenters. The molecule has 1 heterocycles. The predicted molar refractivity (Wildman–Crippen MR) is 131 cm³/mol. The summed E-state index contributed by atoms with van der Waals surface area (Å²) in [7, 11) is -3.49. The Morgan fingerprint density at radius 2 is 1.71 bits per heavy atom. The number of rotatable bonds is 9.